The smallest absolute Gasteiger partial charge is 0.257 e. The highest BCUT2D eigenvalue weighted by Gasteiger charge is 2.23. The van der Waals surface area contributed by atoms with Crippen LogP contribution in [0.5, 0.6) is 5.75 Å². The number of ether oxygens (including phenoxy) is 1. The molecule has 1 heterocycles. The van der Waals surface area contributed by atoms with Gasteiger partial charge in [0.05, 0.1) is 5.56 Å². The first-order valence-corrected chi connectivity index (χ1v) is 8.29. The number of carbonyl (C=O) groups excluding carboxylic acids is 1. The summed E-state index contributed by atoms with van der Waals surface area (Å²) in [6.07, 6.45) is 2.16. The maximum atomic E-state index is 12.8. The molecule has 1 saturated heterocycles. The highest BCUT2D eigenvalue weighted by atomic mass is 16.5. The fraction of sp³-hybridized carbons (Fsp3) is 0.350. The van der Waals surface area contributed by atoms with Crippen LogP contribution in [0.15, 0.2) is 54.6 Å². The van der Waals surface area contributed by atoms with Gasteiger partial charge in [-0.15, -0.1) is 0 Å². The lowest BCUT2D eigenvalue weighted by Gasteiger charge is -2.30. The minimum Gasteiger partial charge on any atom is -0.488 e. The van der Waals surface area contributed by atoms with E-state index in [1.807, 2.05) is 59.5 Å². The Balaban J connectivity index is 1.71. The molecule has 1 amide bonds. The molecule has 0 N–H and O–H groups in total. The molecule has 1 aliphatic heterocycles. The van der Waals surface area contributed by atoms with Gasteiger partial charge in [0.1, 0.15) is 12.4 Å². The fourth-order valence-corrected chi connectivity index (χ4v) is 2.89. The largest absolute Gasteiger partial charge is 0.488 e. The van der Waals surface area contributed by atoms with Crippen LogP contribution in [0, 0.1) is 5.92 Å². The van der Waals surface area contributed by atoms with E-state index in [0.29, 0.717) is 23.8 Å². The standard InChI is InChI=1S/C20H23NO2/c1-16-11-13-21(14-12-16)20(22)18-9-5-6-10-19(18)23-15-17-7-3-2-4-8-17/h2-10,16H,11-15H2,1H3. The van der Waals surface area contributed by atoms with Crippen molar-refractivity contribution < 1.29 is 9.53 Å². The maximum absolute atomic E-state index is 12.8. The van der Waals surface area contributed by atoms with Gasteiger partial charge in [-0.05, 0) is 36.5 Å². The second-order valence-corrected chi connectivity index (χ2v) is 6.25. The summed E-state index contributed by atoms with van der Waals surface area (Å²) in [5.41, 5.74) is 1.76. The van der Waals surface area contributed by atoms with Gasteiger partial charge in [0.2, 0.25) is 0 Å². The molecular weight excluding hydrogens is 286 g/mol. The van der Waals surface area contributed by atoms with Crippen molar-refractivity contribution in [2.45, 2.75) is 26.4 Å². The average Bonchev–Trinajstić information content (AvgIpc) is 2.61. The van der Waals surface area contributed by atoms with E-state index in [1.165, 1.54) is 0 Å². The third-order valence-electron chi connectivity index (χ3n) is 4.43. The zero-order valence-corrected chi connectivity index (χ0v) is 13.6. The quantitative estimate of drug-likeness (QED) is 0.849. The van der Waals surface area contributed by atoms with Crippen molar-refractivity contribution in [1.29, 1.82) is 0 Å². The molecule has 0 spiro atoms. The normalized spacial score (nSPS) is 15.4. The Labute approximate surface area is 137 Å². The van der Waals surface area contributed by atoms with Crippen LogP contribution in [0.25, 0.3) is 0 Å². The summed E-state index contributed by atoms with van der Waals surface area (Å²) in [6, 6.07) is 17.6. The lowest BCUT2D eigenvalue weighted by atomic mass is 9.98. The molecule has 0 atom stereocenters. The number of likely N-dealkylation sites (tertiary alicyclic amines) is 1. The molecule has 0 aliphatic carbocycles. The molecule has 3 nitrogen and oxygen atoms in total. The summed E-state index contributed by atoms with van der Waals surface area (Å²) >= 11 is 0. The second kappa shape index (κ2) is 7.32. The number of benzene rings is 2. The van der Waals surface area contributed by atoms with Gasteiger partial charge in [-0.3, -0.25) is 4.79 Å². The lowest BCUT2D eigenvalue weighted by molar-refractivity contribution is 0.0692. The number of hydrogen-bond acceptors (Lipinski definition) is 2. The van der Waals surface area contributed by atoms with Crippen molar-refractivity contribution in [3.8, 4) is 5.75 Å². The van der Waals surface area contributed by atoms with Crippen LogP contribution >= 0.6 is 0 Å². The Morgan fingerprint density at radius 2 is 1.70 bits per heavy atom. The topological polar surface area (TPSA) is 29.5 Å². The number of piperidine rings is 1. The summed E-state index contributed by atoms with van der Waals surface area (Å²) in [4.78, 5) is 14.7. The molecule has 2 aromatic rings. The maximum Gasteiger partial charge on any atom is 0.257 e. The highest BCUT2D eigenvalue weighted by Crippen LogP contribution is 2.24. The van der Waals surface area contributed by atoms with Gasteiger partial charge in [0.25, 0.3) is 5.91 Å². The Bertz CT molecular complexity index is 646. The van der Waals surface area contributed by atoms with Crippen LogP contribution in [-0.4, -0.2) is 23.9 Å². The molecule has 2 aromatic carbocycles. The van der Waals surface area contributed by atoms with Gasteiger partial charge in [-0.2, -0.15) is 0 Å². The molecule has 0 unspecified atom stereocenters. The predicted octanol–water partition coefficient (Wildman–Crippen LogP) is 4.14. The molecular formula is C20H23NO2. The number of rotatable bonds is 4. The Hall–Kier alpha value is -2.29. The second-order valence-electron chi connectivity index (χ2n) is 6.25. The van der Waals surface area contributed by atoms with E-state index >= 15 is 0 Å². The highest BCUT2D eigenvalue weighted by molar-refractivity contribution is 5.97. The molecule has 3 rings (SSSR count). The molecule has 1 aliphatic rings. The number of amides is 1. The monoisotopic (exact) mass is 309 g/mol. The molecule has 23 heavy (non-hydrogen) atoms. The molecule has 0 saturated carbocycles. The Morgan fingerprint density at radius 1 is 1.04 bits per heavy atom. The van der Waals surface area contributed by atoms with Gasteiger partial charge < -0.3 is 9.64 Å². The van der Waals surface area contributed by atoms with Gasteiger partial charge in [-0.25, -0.2) is 0 Å². The SMILES string of the molecule is CC1CCN(C(=O)c2ccccc2OCc2ccccc2)CC1. The number of hydrogen-bond donors (Lipinski definition) is 0. The molecule has 0 radical (unpaired) electrons. The van der Waals surface area contributed by atoms with Crippen molar-refractivity contribution in [1.82, 2.24) is 4.90 Å². The van der Waals surface area contributed by atoms with E-state index < -0.39 is 0 Å². The Kier molecular flexibility index (Phi) is 4.96. The zero-order valence-electron chi connectivity index (χ0n) is 13.6. The lowest BCUT2D eigenvalue weighted by Crippen LogP contribution is -2.38. The molecule has 120 valence electrons. The van der Waals surface area contributed by atoms with E-state index in [-0.39, 0.29) is 5.91 Å². The van der Waals surface area contributed by atoms with E-state index in [0.717, 1.165) is 31.5 Å². The molecule has 3 heteroatoms. The minimum atomic E-state index is 0.0839. The third kappa shape index (κ3) is 3.92. The number of nitrogens with zero attached hydrogens (tertiary/aromatic N) is 1. The van der Waals surface area contributed by atoms with Crippen LogP contribution in [0.4, 0.5) is 0 Å². The zero-order chi connectivity index (χ0) is 16.1. The van der Waals surface area contributed by atoms with Gasteiger partial charge >= 0.3 is 0 Å². The van der Waals surface area contributed by atoms with E-state index in [9.17, 15) is 4.79 Å². The first kappa shape index (κ1) is 15.6. The van der Waals surface area contributed by atoms with Crippen molar-refractivity contribution >= 4 is 5.91 Å². The number of carbonyl (C=O) groups is 1. The van der Waals surface area contributed by atoms with Crippen LogP contribution < -0.4 is 4.74 Å². The predicted molar refractivity (Wildman–Crippen MR) is 91.5 cm³/mol. The summed E-state index contributed by atoms with van der Waals surface area (Å²) in [5.74, 6) is 1.46. The van der Waals surface area contributed by atoms with Crippen LogP contribution in [0.1, 0.15) is 35.7 Å². The summed E-state index contributed by atoms with van der Waals surface area (Å²) in [6.45, 7) is 4.40. The van der Waals surface area contributed by atoms with Crippen molar-refractivity contribution in [2.75, 3.05) is 13.1 Å². The fourth-order valence-electron chi connectivity index (χ4n) is 2.89. The van der Waals surface area contributed by atoms with Gasteiger partial charge in [0.15, 0.2) is 0 Å². The minimum absolute atomic E-state index is 0.0839. The van der Waals surface area contributed by atoms with Crippen LogP contribution in [0.3, 0.4) is 0 Å². The van der Waals surface area contributed by atoms with E-state index in [4.69, 9.17) is 4.74 Å². The average molecular weight is 309 g/mol. The van der Waals surface area contributed by atoms with Crippen LogP contribution in [-0.2, 0) is 6.61 Å². The summed E-state index contributed by atoms with van der Waals surface area (Å²) in [7, 11) is 0. The number of para-hydroxylation sites is 1. The van der Waals surface area contributed by atoms with Crippen molar-refractivity contribution in [3.63, 3.8) is 0 Å². The molecule has 0 bridgehead atoms. The van der Waals surface area contributed by atoms with Crippen molar-refractivity contribution in [2.24, 2.45) is 5.92 Å². The molecule has 1 fully saturated rings. The molecule has 0 aromatic heterocycles. The van der Waals surface area contributed by atoms with Crippen molar-refractivity contribution in [3.05, 3.63) is 65.7 Å². The first-order valence-electron chi connectivity index (χ1n) is 8.29. The third-order valence-corrected chi connectivity index (χ3v) is 4.43. The van der Waals surface area contributed by atoms with Gasteiger partial charge in [0, 0.05) is 13.1 Å². The first-order chi connectivity index (χ1) is 11.2. The van der Waals surface area contributed by atoms with Crippen LogP contribution in [0.2, 0.25) is 0 Å². The van der Waals surface area contributed by atoms with E-state index in [1.54, 1.807) is 0 Å². The van der Waals surface area contributed by atoms with Gasteiger partial charge in [-0.1, -0.05) is 49.4 Å². The summed E-state index contributed by atoms with van der Waals surface area (Å²) in [5, 5.41) is 0. The Morgan fingerprint density at radius 3 is 2.43 bits per heavy atom. The summed E-state index contributed by atoms with van der Waals surface area (Å²) < 4.78 is 5.91. The van der Waals surface area contributed by atoms with E-state index in [2.05, 4.69) is 6.92 Å².